The third kappa shape index (κ3) is 2.99. The minimum atomic E-state index is -0.576. The largest absolute Gasteiger partial charge is 0.355 e. The fraction of sp³-hybridized carbons (Fsp3) is 0.294. The smallest absolute Gasteiger partial charge is 0.259 e. The van der Waals surface area contributed by atoms with Crippen LogP contribution < -0.4 is 10.6 Å². The van der Waals surface area contributed by atoms with Crippen LogP contribution in [0, 0.1) is 5.82 Å². The normalized spacial score (nSPS) is 13.3. The van der Waals surface area contributed by atoms with Crippen LogP contribution in [0.1, 0.15) is 44.0 Å². The van der Waals surface area contributed by atoms with Crippen LogP contribution >= 0.6 is 11.3 Å². The van der Waals surface area contributed by atoms with E-state index >= 15 is 0 Å². The molecule has 1 aliphatic rings. The van der Waals surface area contributed by atoms with Gasteiger partial charge in [-0.3, -0.25) is 9.59 Å². The third-order valence-electron chi connectivity index (χ3n) is 3.97. The monoisotopic (exact) mass is 332 g/mol. The molecule has 0 unspecified atom stereocenters. The fourth-order valence-electron chi connectivity index (χ4n) is 2.83. The number of hydrogen-bond donors (Lipinski definition) is 2. The first-order valence-corrected chi connectivity index (χ1v) is 8.36. The Morgan fingerprint density at radius 2 is 1.87 bits per heavy atom. The van der Waals surface area contributed by atoms with Gasteiger partial charge in [0.2, 0.25) is 0 Å². The second-order valence-corrected chi connectivity index (χ2v) is 6.53. The van der Waals surface area contributed by atoms with E-state index in [4.69, 9.17) is 0 Å². The molecule has 1 aromatic carbocycles. The summed E-state index contributed by atoms with van der Waals surface area (Å²) >= 11 is 1.42. The van der Waals surface area contributed by atoms with Crippen molar-refractivity contribution in [1.82, 2.24) is 5.32 Å². The lowest BCUT2D eigenvalue weighted by Gasteiger charge is -2.12. The van der Waals surface area contributed by atoms with Crippen LogP contribution in [0.5, 0.6) is 0 Å². The number of aryl methyl sites for hydroxylation is 1. The van der Waals surface area contributed by atoms with E-state index < -0.39 is 11.7 Å². The van der Waals surface area contributed by atoms with Gasteiger partial charge in [-0.1, -0.05) is 12.1 Å². The maximum Gasteiger partial charge on any atom is 0.259 e. The number of carbonyl (C=O) groups excluding carboxylic acids is 2. The molecule has 2 aromatic rings. The molecule has 0 bridgehead atoms. The minimum Gasteiger partial charge on any atom is -0.355 e. The van der Waals surface area contributed by atoms with Crippen molar-refractivity contribution >= 4 is 28.2 Å². The summed E-state index contributed by atoms with van der Waals surface area (Å²) in [5.74, 6) is -1.33. The Morgan fingerprint density at radius 3 is 2.61 bits per heavy atom. The van der Waals surface area contributed by atoms with Crippen LogP contribution in [0.3, 0.4) is 0 Å². The topological polar surface area (TPSA) is 58.2 Å². The van der Waals surface area contributed by atoms with E-state index in [-0.39, 0.29) is 11.5 Å². The number of carbonyl (C=O) groups is 2. The number of rotatable bonds is 3. The second-order valence-electron chi connectivity index (χ2n) is 5.43. The molecule has 23 heavy (non-hydrogen) atoms. The highest BCUT2D eigenvalue weighted by molar-refractivity contribution is 7.17. The maximum absolute atomic E-state index is 13.8. The predicted molar refractivity (Wildman–Crippen MR) is 88.7 cm³/mol. The van der Waals surface area contributed by atoms with Crippen LogP contribution in [0.2, 0.25) is 0 Å². The van der Waals surface area contributed by atoms with Crippen LogP contribution in [0.25, 0.3) is 0 Å². The molecule has 6 heteroatoms. The quantitative estimate of drug-likeness (QED) is 0.905. The Kier molecular flexibility index (Phi) is 4.43. The molecule has 2 amide bonds. The zero-order valence-corrected chi connectivity index (χ0v) is 13.6. The zero-order chi connectivity index (χ0) is 16.4. The molecule has 0 aliphatic heterocycles. The Labute approximate surface area is 137 Å². The Morgan fingerprint density at radius 1 is 1.13 bits per heavy atom. The van der Waals surface area contributed by atoms with Gasteiger partial charge >= 0.3 is 0 Å². The van der Waals surface area contributed by atoms with Gasteiger partial charge in [-0.25, -0.2) is 4.39 Å². The molecule has 0 radical (unpaired) electrons. The SMILES string of the molecule is CNC(=O)c1c(NC(=O)c2ccccc2F)sc2c1CCCC2. The van der Waals surface area contributed by atoms with Gasteiger partial charge in [0.25, 0.3) is 11.8 Å². The third-order valence-corrected chi connectivity index (χ3v) is 5.18. The van der Waals surface area contributed by atoms with E-state index in [1.165, 1.54) is 29.5 Å². The molecule has 1 aliphatic carbocycles. The van der Waals surface area contributed by atoms with Crippen molar-refractivity contribution in [2.45, 2.75) is 25.7 Å². The van der Waals surface area contributed by atoms with Crippen molar-refractivity contribution in [3.63, 3.8) is 0 Å². The van der Waals surface area contributed by atoms with Gasteiger partial charge in [0.1, 0.15) is 10.8 Å². The van der Waals surface area contributed by atoms with E-state index in [1.807, 2.05) is 0 Å². The van der Waals surface area contributed by atoms with Gasteiger partial charge in [-0.2, -0.15) is 0 Å². The number of benzene rings is 1. The molecule has 0 atom stereocenters. The van der Waals surface area contributed by atoms with Gasteiger partial charge in [-0.05, 0) is 43.4 Å². The average Bonchev–Trinajstić information content (AvgIpc) is 2.92. The van der Waals surface area contributed by atoms with Crippen molar-refractivity contribution in [1.29, 1.82) is 0 Å². The lowest BCUT2D eigenvalue weighted by Crippen LogP contribution is -2.22. The van der Waals surface area contributed by atoms with Gasteiger partial charge in [-0.15, -0.1) is 11.3 Å². The molecule has 4 nitrogen and oxygen atoms in total. The van der Waals surface area contributed by atoms with Crippen molar-refractivity contribution in [2.75, 3.05) is 12.4 Å². The van der Waals surface area contributed by atoms with Crippen LogP contribution in [-0.4, -0.2) is 18.9 Å². The molecular formula is C17H17FN2O2S. The highest BCUT2D eigenvalue weighted by Crippen LogP contribution is 2.38. The van der Waals surface area contributed by atoms with Crippen molar-refractivity contribution in [3.8, 4) is 0 Å². The predicted octanol–water partition coefficient (Wildman–Crippen LogP) is 3.38. The highest BCUT2D eigenvalue weighted by Gasteiger charge is 2.26. The molecule has 3 rings (SSSR count). The molecule has 0 spiro atoms. The Bertz CT molecular complexity index is 770. The van der Waals surface area contributed by atoms with Gasteiger partial charge < -0.3 is 10.6 Å². The molecule has 2 N–H and O–H groups in total. The molecule has 0 saturated carbocycles. The Balaban J connectivity index is 1.96. The van der Waals surface area contributed by atoms with Gasteiger partial charge in [0, 0.05) is 11.9 Å². The molecular weight excluding hydrogens is 315 g/mol. The number of anilines is 1. The number of nitrogens with one attached hydrogen (secondary N) is 2. The first-order valence-electron chi connectivity index (χ1n) is 7.54. The molecule has 0 fully saturated rings. The summed E-state index contributed by atoms with van der Waals surface area (Å²) < 4.78 is 13.8. The molecule has 120 valence electrons. The van der Waals surface area contributed by atoms with Crippen molar-refractivity contribution < 1.29 is 14.0 Å². The molecule has 1 heterocycles. The lowest BCUT2D eigenvalue weighted by molar-refractivity contribution is 0.0963. The molecule has 1 aromatic heterocycles. The van der Waals surface area contributed by atoms with Gasteiger partial charge in [0.15, 0.2) is 0 Å². The van der Waals surface area contributed by atoms with E-state index in [0.717, 1.165) is 36.1 Å². The van der Waals surface area contributed by atoms with Crippen LogP contribution in [0.4, 0.5) is 9.39 Å². The maximum atomic E-state index is 13.8. The highest BCUT2D eigenvalue weighted by atomic mass is 32.1. The summed E-state index contributed by atoms with van der Waals surface area (Å²) in [5.41, 5.74) is 1.52. The zero-order valence-electron chi connectivity index (χ0n) is 12.7. The summed E-state index contributed by atoms with van der Waals surface area (Å²) in [6.45, 7) is 0. The summed E-state index contributed by atoms with van der Waals surface area (Å²) in [7, 11) is 1.57. The number of amides is 2. The van der Waals surface area contributed by atoms with Crippen LogP contribution in [-0.2, 0) is 12.8 Å². The number of halogens is 1. The Hall–Kier alpha value is -2.21. The number of hydrogen-bond acceptors (Lipinski definition) is 3. The van der Waals surface area contributed by atoms with Gasteiger partial charge in [0.05, 0.1) is 11.1 Å². The summed E-state index contributed by atoms with van der Waals surface area (Å²) in [6.07, 6.45) is 3.87. The summed E-state index contributed by atoms with van der Waals surface area (Å²) in [6, 6.07) is 5.81. The van der Waals surface area contributed by atoms with Crippen molar-refractivity contribution in [2.24, 2.45) is 0 Å². The number of thiophene rings is 1. The lowest BCUT2D eigenvalue weighted by atomic mass is 9.95. The van der Waals surface area contributed by atoms with Crippen LogP contribution in [0.15, 0.2) is 24.3 Å². The fourth-order valence-corrected chi connectivity index (χ4v) is 4.12. The van der Waals surface area contributed by atoms with E-state index in [1.54, 1.807) is 13.1 Å². The number of fused-ring (bicyclic) bond motifs is 1. The first kappa shape index (κ1) is 15.7. The summed E-state index contributed by atoms with van der Waals surface area (Å²) in [4.78, 5) is 25.7. The van der Waals surface area contributed by atoms with E-state index in [9.17, 15) is 14.0 Å². The van der Waals surface area contributed by atoms with E-state index in [2.05, 4.69) is 10.6 Å². The average molecular weight is 332 g/mol. The standard InChI is InChI=1S/C17H17FN2O2S/c1-19-16(22)14-11-7-3-5-9-13(11)23-17(14)20-15(21)10-6-2-4-8-12(10)18/h2,4,6,8H,3,5,7,9H2,1H3,(H,19,22)(H,20,21). The first-order chi connectivity index (χ1) is 11.1. The molecule has 0 saturated heterocycles. The summed E-state index contributed by atoms with van der Waals surface area (Å²) in [5, 5.41) is 5.85. The van der Waals surface area contributed by atoms with E-state index in [0.29, 0.717) is 10.6 Å². The minimum absolute atomic E-state index is 0.0262. The van der Waals surface area contributed by atoms with Crippen molar-refractivity contribution in [3.05, 3.63) is 51.7 Å². The second kappa shape index (κ2) is 6.50.